The molecule has 3 saturated carbocycles. The van der Waals surface area contributed by atoms with Gasteiger partial charge in [0.15, 0.2) is 0 Å². The number of hydrogen-bond donors (Lipinski definition) is 2. The van der Waals surface area contributed by atoms with Gasteiger partial charge in [0.1, 0.15) is 6.10 Å². The van der Waals surface area contributed by atoms with E-state index in [-0.39, 0.29) is 11.5 Å². The number of carbonyl (C=O) groups is 2. The molecule has 3 fully saturated rings. The molecular weight excluding hydrogens is 1150 g/mol. The molecule has 0 radical (unpaired) electrons. The summed E-state index contributed by atoms with van der Waals surface area (Å²) in [4.78, 5) is 25.6. The monoisotopic (exact) mass is 1320 g/mol. The van der Waals surface area contributed by atoms with Gasteiger partial charge in [-0.1, -0.05) is 398 Å². The highest BCUT2D eigenvalue weighted by Gasteiger charge is 2.51. The molecule has 0 aromatic heterocycles. The fraction of sp³-hybridized carbons (Fsp3) is 0.933. The van der Waals surface area contributed by atoms with Gasteiger partial charge in [-0.3, -0.25) is 9.59 Å². The number of carboxylic acids is 1. The van der Waals surface area contributed by atoms with E-state index in [2.05, 4.69) is 45.1 Å². The molecule has 3 aliphatic rings. The summed E-state index contributed by atoms with van der Waals surface area (Å²) >= 11 is 0. The predicted octanol–water partition coefficient (Wildman–Crippen LogP) is 30.6. The Hall–Kier alpha value is -1.62. The van der Waals surface area contributed by atoms with Crippen molar-refractivity contribution in [3.05, 3.63) is 24.3 Å². The molecule has 3 rings (SSSR count). The molecule has 0 saturated heterocycles. The van der Waals surface area contributed by atoms with E-state index in [9.17, 15) is 4.79 Å². The summed E-state index contributed by atoms with van der Waals surface area (Å²) in [6.45, 7) is 7.23. The summed E-state index contributed by atoms with van der Waals surface area (Å²) in [6, 6.07) is 0. The van der Waals surface area contributed by atoms with Crippen LogP contribution in [0.3, 0.4) is 0 Å². The first-order valence-corrected chi connectivity index (χ1v) is 43.8. The van der Waals surface area contributed by atoms with E-state index in [1.165, 1.54) is 437 Å². The molecule has 5 heteroatoms. The Bertz CT molecular complexity index is 1490. The third-order valence-electron chi connectivity index (χ3n) is 22.4. The third kappa shape index (κ3) is 58.2. The van der Waals surface area contributed by atoms with Crippen LogP contribution >= 0.6 is 0 Å². The Labute approximate surface area is 589 Å². The number of esters is 1. The van der Waals surface area contributed by atoms with Gasteiger partial charge in [-0.25, -0.2) is 0 Å². The molecule has 94 heavy (non-hydrogen) atoms. The lowest BCUT2D eigenvalue weighted by Crippen LogP contribution is -2.48. The maximum absolute atomic E-state index is 15.3. The van der Waals surface area contributed by atoms with Crippen molar-refractivity contribution in [1.82, 2.24) is 0 Å². The van der Waals surface area contributed by atoms with Crippen molar-refractivity contribution in [2.24, 2.45) is 17.3 Å². The van der Waals surface area contributed by atoms with E-state index in [0.29, 0.717) is 30.8 Å². The number of aliphatic hydroxyl groups excluding tert-OH is 1. The lowest BCUT2D eigenvalue weighted by Gasteiger charge is -2.46. The van der Waals surface area contributed by atoms with Gasteiger partial charge in [-0.15, -0.1) is 0 Å². The minimum atomic E-state index is -0.664. The van der Waals surface area contributed by atoms with Crippen LogP contribution in [0.1, 0.15) is 502 Å². The predicted molar refractivity (Wildman–Crippen MR) is 416 cm³/mol. The average molecular weight is 1320 g/mol. The van der Waals surface area contributed by atoms with Gasteiger partial charge >= 0.3 is 11.9 Å². The molecular formula is C89H170O5. The standard InChI is InChI=1S/C48H88O2.C23H48O.C18H34O2/c1-2-3-4-5-6-7-8-9-10-11-12-22-29-36-43-48(44-37-30-23-16-13-17-24-31-38-44,45-39-32-25-18-14-19-26-33-40-45)47(49)50-46-41-34-27-20-15-21-28-35-42-46;1-2-3-4-5-6-7-8-9-10-11-12-13-14-15-16-17-18-19-20-21-22-23-24;1-2-3-4-5-6-7-8-9-10-11-12-13-14-15-16-17-18(19)20/h9-10,44-46H,2-8,11-43H2,1H3;24H,2-23H2,1H3;9-10H,2-8,11-17H2,1H3,(H,19,20)/b10-9-;;10-9-. The second-order valence-electron chi connectivity index (χ2n) is 31.1. The van der Waals surface area contributed by atoms with E-state index in [4.69, 9.17) is 14.9 Å². The quantitative estimate of drug-likeness (QED) is 0.0360. The summed E-state index contributed by atoms with van der Waals surface area (Å²) in [5.74, 6) is 0.667. The van der Waals surface area contributed by atoms with Gasteiger partial charge in [0.2, 0.25) is 0 Å². The number of allylic oxidation sites excluding steroid dienone is 4. The van der Waals surface area contributed by atoms with Crippen LogP contribution in [0.15, 0.2) is 24.3 Å². The zero-order chi connectivity index (χ0) is 67.7. The Morgan fingerprint density at radius 3 is 0.819 bits per heavy atom. The molecule has 0 heterocycles. The van der Waals surface area contributed by atoms with Crippen LogP contribution in [0.25, 0.3) is 0 Å². The number of ether oxygens (including phenoxy) is 1. The lowest BCUT2D eigenvalue weighted by atomic mass is 9.58. The number of rotatable bonds is 54. The Kier molecular flexibility index (Phi) is 71.2. The van der Waals surface area contributed by atoms with E-state index < -0.39 is 5.97 Å². The number of carboxylic acid groups (broad SMARTS) is 1. The summed E-state index contributed by atoms with van der Waals surface area (Å²) in [5, 5.41) is 17.2. The average Bonchev–Trinajstić information content (AvgIpc) is 0.776. The van der Waals surface area contributed by atoms with Crippen LogP contribution in [-0.4, -0.2) is 34.9 Å². The molecule has 0 aromatic carbocycles. The first kappa shape index (κ1) is 90.4. The smallest absolute Gasteiger partial charge is 0.312 e. The molecule has 0 spiro atoms. The highest BCUT2D eigenvalue weighted by atomic mass is 16.5. The minimum Gasteiger partial charge on any atom is -0.481 e. The van der Waals surface area contributed by atoms with Crippen molar-refractivity contribution < 1.29 is 24.5 Å². The maximum atomic E-state index is 15.3. The second-order valence-corrected chi connectivity index (χ2v) is 31.1. The molecule has 556 valence electrons. The first-order valence-electron chi connectivity index (χ1n) is 43.8. The Balaban J connectivity index is 0.000000831. The number of carbonyl (C=O) groups excluding carboxylic acids is 1. The molecule has 3 aliphatic carbocycles. The fourth-order valence-corrected chi connectivity index (χ4v) is 16.2. The number of aliphatic hydroxyl groups is 1. The molecule has 0 aliphatic heterocycles. The van der Waals surface area contributed by atoms with Crippen LogP contribution in [0.5, 0.6) is 0 Å². The van der Waals surface area contributed by atoms with E-state index >= 15 is 4.79 Å². The van der Waals surface area contributed by atoms with E-state index in [1.54, 1.807) is 0 Å². The lowest BCUT2D eigenvalue weighted by molar-refractivity contribution is -0.174. The molecule has 5 nitrogen and oxygen atoms in total. The van der Waals surface area contributed by atoms with Gasteiger partial charge in [0, 0.05) is 13.0 Å². The van der Waals surface area contributed by atoms with Crippen LogP contribution in [0.2, 0.25) is 0 Å². The third-order valence-corrected chi connectivity index (χ3v) is 22.4. The summed E-state index contributed by atoms with van der Waals surface area (Å²) in [7, 11) is 0. The molecule has 0 amide bonds. The van der Waals surface area contributed by atoms with Crippen molar-refractivity contribution in [1.29, 1.82) is 0 Å². The van der Waals surface area contributed by atoms with Crippen LogP contribution in [-0.2, 0) is 14.3 Å². The minimum absolute atomic E-state index is 0.155. The van der Waals surface area contributed by atoms with Crippen molar-refractivity contribution in [3.63, 3.8) is 0 Å². The van der Waals surface area contributed by atoms with Gasteiger partial charge in [-0.2, -0.15) is 0 Å². The highest BCUT2D eigenvalue weighted by Crippen LogP contribution is 2.52. The fourth-order valence-electron chi connectivity index (χ4n) is 16.2. The zero-order valence-corrected chi connectivity index (χ0v) is 64.4. The molecule has 0 atom stereocenters. The van der Waals surface area contributed by atoms with Crippen LogP contribution < -0.4 is 0 Å². The Morgan fingerprint density at radius 2 is 0.543 bits per heavy atom. The van der Waals surface area contributed by atoms with Crippen molar-refractivity contribution in [2.75, 3.05) is 6.61 Å². The summed E-state index contributed by atoms with van der Waals surface area (Å²) < 4.78 is 6.97. The first-order chi connectivity index (χ1) is 46.5. The number of unbranched alkanes of at least 4 members (excludes halogenated alkanes) is 41. The summed E-state index contributed by atoms with van der Waals surface area (Å²) in [6.07, 6.45) is 109. The largest absolute Gasteiger partial charge is 0.481 e. The number of aliphatic carboxylic acids is 1. The van der Waals surface area contributed by atoms with Gasteiger partial charge < -0.3 is 14.9 Å². The molecule has 0 aromatic rings. The van der Waals surface area contributed by atoms with Gasteiger partial charge in [-0.05, 0) is 134 Å². The normalized spacial score (nSPS) is 16.7. The second kappa shape index (κ2) is 74.1. The zero-order valence-electron chi connectivity index (χ0n) is 64.4. The van der Waals surface area contributed by atoms with Crippen molar-refractivity contribution in [2.45, 2.75) is 508 Å². The van der Waals surface area contributed by atoms with Crippen molar-refractivity contribution in [3.8, 4) is 0 Å². The van der Waals surface area contributed by atoms with Gasteiger partial charge in [0.25, 0.3) is 0 Å². The number of hydrogen-bond acceptors (Lipinski definition) is 4. The van der Waals surface area contributed by atoms with E-state index in [0.717, 1.165) is 38.5 Å². The molecule has 0 bridgehead atoms. The van der Waals surface area contributed by atoms with Crippen LogP contribution in [0.4, 0.5) is 0 Å². The SMILES string of the molecule is CCCCCCCC/C=C\CCCCCCC(C(=O)OC1CCCCCCCCC1)(C1CCCCCCCCC1)C1CCCCCCCCC1.CCCCCCCC/C=C\CCCCCCCC(=O)O.CCCCCCCCCCCCCCCCCCCCCCCO. The highest BCUT2D eigenvalue weighted by molar-refractivity contribution is 5.78. The van der Waals surface area contributed by atoms with Crippen molar-refractivity contribution >= 4 is 11.9 Å². The Morgan fingerprint density at radius 1 is 0.309 bits per heavy atom. The van der Waals surface area contributed by atoms with Crippen LogP contribution in [0, 0.1) is 17.3 Å². The molecule has 0 unspecified atom stereocenters. The summed E-state index contributed by atoms with van der Waals surface area (Å²) in [5.41, 5.74) is -0.259. The van der Waals surface area contributed by atoms with Gasteiger partial charge in [0.05, 0.1) is 5.41 Å². The maximum Gasteiger partial charge on any atom is 0.312 e. The molecule has 2 N–H and O–H groups in total. The topological polar surface area (TPSA) is 83.8 Å². The van der Waals surface area contributed by atoms with E-state index in [1.807, 2.05) is 0 Å².